The monoisotopic (exact) mass is 578 g/mol. The standard InChI is InChI=1S/2C11H9F2NO2S2/c2*12-11(13)5-7(6-11)18(15,16)10-14-8-3-1-2-4-9(8)17-10/h2*1-4,7H,5-6H2. The van der Waals surface area contributed by atoms with Gasteiger partial charge in [0, 0.05) is 25.7 Å². The van der Waals surface area contributed by atoms with Crippen molar-refractivity contribution in [1.82, 2.24) is 9.97 Å². The van der Waals surface area contributed by atoms with E-state index in [1.807, 2.05) is 0 Å². The molecule has 2 heterocycles. The number of halogens is 4. The summed E-state index contributed by atoms with van der Waals surface area (Å²) in [6, 6.07) is 14.0. The highest BCUT2D eigenvalue weighted by atomic mass is 32.2. The maximum atomic E-state index is 12.8. The number of sulfone groups is 2. The number of aromatic nitrogens is 2. The molecular weight excluding hydrogens is 561 g/mol. The van der Waals surface area contributed by atoms with Crippen LogP contribution in [0.5, 0.6) is 0 Å². The van der Waals surface area contributed by atoms with E-state index in [0.717, 1.165) is 32.1 Å². The van der Waals surface area contributed by atoms with Crippen molar-refractivity contribution >= 4 is 62.8 Å². The van der Waals surface area contributed by atoms with Crippen LogP contribution in [0.25, 0.3) is 20.4 Å². The first-order chi connectivity index (χ1) is 16.8. The Balaban J connectivity index is 0.000000148. The fourth-order valence-corrected chi connectivity index (χ4v) is 10.4. The number of alkyl halides is 4. The lowest BCUT2D eigenvalue weighted by molar-refractivity contribution is -0.0691. The van der Waals surface area contributed by atoms with Crippen molar-refractivity contribution in [1.29, 1.82) is 0 Å². The molecule has 0 spiro atoms. The van der Waals surface area contributed by atoms with Gasteiger partial charge in [0.2, 0.25) is 28.4 Å². The molecule has 36 heavy (non-hydrogen) atoms. The Kier molecular flexibility index (Phi) is 6.16. The lowest BCUT2D eigenvalue weighted by Gasteiger charge is -2.33. The predicted molar refractivity (Wildman–Crippen MR) is 130 cm³/mol. The van der Waals surface area contributed by atoms with Crippen molar-refractivity contribution in [2.45, 2.75) is 56.7 Å². The van der Waals surface area contributed by atoms with Crippen molar-refractivity contribution in [3.8, 4) is 0 Å². The third-order valence-corrected chi connectivity index (χ3v) is 13.2. The van der Waals surface area contributed by atoms with Gasteiger partial charge in [0.1, 0.15) is 0 Å². The van der Waals surface area contributed by atoms with Crippen molar-refractivity contribution in [2.24, 2.45) is 0 Å². The van der Waals surface area contributed by atoms with Gasteiger partial charge in [-0.15, -0.1) is 22.7 Å². The summed E-state index contributed by atoms with van der Waals surface area (Å²) in [6.07, 6.45) is -2.37. The molecule has 6 rings (SSSR count). The van der Waals surface area contributed by atoms with Crippen molar-refractivity contribution in [3.63, 3.8) is 0 Å². The third kappa shape index (κ3) is 4.75. The van der Waals surface area contributed by atoms with Crippen LogP contribution >= 0.6 is 22.7 Å². The molecule has 0 N–H and O–H groups in total. The fourth-order valence-electron chi connectivity index (χ4n) is 3.88. The quantitative estimate of drug-likeness (QED) is 0.287. The summed E-state index contributed by atoms with van der Waals surface area (Å²) in [5.74, 6) is -5.68. The smallest absolute Gasteiger partial charge is 0.225 e. The molecule has 0 bridgehead atoms. The van der Waals surface area contributed by atoms with E-state index in [1.54, 1.807) is 48.5 Å². The average Bonchev–Trinajstić information content (AvgIpc) is 3.41. The zero-order valence-corrected chi connectivity index (χ0v) is 21.5. The van der Waals surface area contributed by atoms with Gasteiger partial charge in [0.15, 0.2) is 0 Å². The maximum absolute atomic E-state index is 12.8. The molecule has 0 radical (unpaired) electrons. The normalized spacial score (nSPS) is 19.9. The Labute approximate surface area is 211 Å². The first-order valence-electron chi connectivity index (χ1n) is 10.7. The number of benzene rings is 2. The summed E-state index contributed by atoms with van der Waals surface area (Å²) in [5.41, 5.74) is 1.18. The Morgan fingerprint density at radius 3 is 1.28 bits per heavy atom. The van der Waals surface area contributed by atoms with Gasteiger partial charge >= 0.3 is 0 Å². The molecular formula is C22H18F4N2O4S4. The van der Waals surface area contributed by atoms with Crippen LogP contribution in [0.3, 0.4) is 0 Å². The van der Waals surface area contributed by atoms with Crippen molar-refractivity contribution in [3.05, 3.63) is 48.5 Å². The maximum Gasteiger partial charge on any atom is 0.250 e. The number of hydrogen-bond donors (Lipinski definition) is 0. The van der Waals surface area contributed by atoms with Crippen LogP contribution in [0.2, 0.25) is 0 Å². The summed E-state index contributed by atoms with van der Waals surface area (Å²) >= 11 is 2.08. The van der Waals surface area contributed by atoms with E-state index in [0.29, 0.717) is 11.0 Å². The number of rotatable bonds is 4. The van der Waals surface area contributed by atoms with Gasteiger partial charge in [-0.1, -0.05) is 24.3 Å². The minimum Gasteiger partial charge on any atom is -0.225 e. The third-order valence-electron chi connectivity index (χ3n) is 6.02. The summed E-state index contributed by atoms with van der Waals surface area (Å²) in [6.45, 7) is 0. The first kappa shape index (κ1) is 25.5. The molecule has 14 heteroatoms. The molecule has 0 unspecified atom stereocenters. The number of fused-ring (bicyclic) bond motifs is 2. The number of nitrogens with zero attached hydrogens (tertiary/aromatic N) is 2. The highest BCUT2D eigenvalue weighted by Gasteiger charge is 2.53. The van der Waals surface area contributed by atoms with Gasteiger partial charge in [0.05, 0.1) is 30.9 Å². The molecule has 0 saturated heterocycles. The molecule has 192 valence electrons. The van der Waals surface area contributed by atoms with Crippen LogP contribution in [0.1, 0.15) is 25.7 Å². The molecule has 6 nitrogen and oxygen atoms in total. The van der Waals surface area contributed by atoms with Gasteiger partial charge in [-0.3, -0.25) is 0 Å². The Morgan fingerprint density at radius 1 is 0.639 bits per heavy atom. The van der Waals surface area contributed by atoms with Gasteiger partial charge in [-0.2, -0.15) is 0 Å². The largest absolute Gasteiger partial charge is 0.250 e. The van der Waals surface area contributed by atoms with Gasteiger partial charge in [-0.05, 0) is 24.3 Å². The van der Waals surface area contributed by atoms with Gasteiger partial charge in [0.25, 0.3) is 11.8 Å². The molecule has 2 aromatic heterocycles. The highest BCUT2D eigenvalue weighted by molar-refractivity contribution is 7.94. The summed E-state index contributed by atoms with van der Waals surface area (Å²) in [5, 5.41) is -1.99. The topological polar surface area (TPSA) is 94.1 Å². The van der Waals surface area contributed by atoms with Crippen LogP contribution in [0.15, 0.2) is 57.2 Å². The van der Waals surface area contributed by atoms with E-state index in [-0.39, 0.29) is 8.68 Å². The predicted octanol–water partition coefficient (Wildman–Crippen LogP) is 5.74. The van der Waals surface area contributed by atoms with Crippen LogP contribution in [-0.2, 0) is 19.7 Å². The molecule has 2 fully saturated rings. The van der Waals surface area contributed by atoms with Crippen LogP contribution in [-0.4, -0.2) is 49.1 Å². The number of thiazole rings is 2. The Hall–Kier alpha value is -2.16. The van der Waals surface area contributed by atoms with Crippen LogP contribution in [0, 0.1) is 0 Å². The molecule has 2 aromatic carbocycles. The van der Waals surface area contributed by atoms with Crippen LogP contribution < -0.4 is 0 Å². The van der Waals surface area contributed by atoms with Crippen molar-refractivity contribution < 1.29 is 34.4 Å². The molecule has 4 aromatic rings. The molecule has 0 atom stereocenters. The van der Waals surface area contributed by atoms with E-state index in [2.05, 4.69) is 9.97 Å². The second-order valence-corrected chi connectivity index (χ2v) is 15.6. The first-order valence-corrected chi connectivity index (χ1v) is 15.4. The Bertz CT molecular complexity index is 1460. The SMILES string of the molecule is O=S(=O)(c1nc2ccccc2s1)C1CC(F)(F)C1.O=S(=O)(c1nc2ccccc2s1)C1CC(F)(F)C1. The second-order valence-electron chi connectivity index (χ2n) is 8.76. The Morgan fingerprint density at radius 2 is 0.972 bits per heavy atom. The summed E-state index contributed by atoms with van der Waals surface area (Å²) in [4.78, 5) is 8.04. The van der Waals surface area contributed by atoms with Crippen molar-refractivity contribution in [2.75, 3.05) is 0 Å². The number of hydrogen-bond acceptors (Lipinski definition) is 8. The molecule has 0 amide bonds. The van der Waals surface area contributed by atoms with Crippen LogP contribution in [0.4, 0.5) is 17.6 Å². The van der Waals surface area contributed by atoms with E-state index in [4.69, 9.17) is 0 Å². The fraction of sp³-hybridized carbons (Fsp3) is 0.364. The molecule has 0 aliphatic heterocycles. The zero-order valence-electron chi connectivity index (χ0n) is 18.3. The van der Waals surface area contributed by atoms with Gasteiger partial charge < -0.3 is 0 Å². The molecule has 2 saturated carbocycles. The molecule has 2 aliphatic carbocycles. The lowest BCUT2D eigenvalue weighted by Crippen LogP contribution is -2.44. The minimum absolute atomic E-state index is 0.0517. The molecule has 2 aliphatic rings. The second kappa shape index (κ2) is 8.71. The van der Waals surface area contributed by atoms with E-state index in [1.165, 1.54) is 0 Å². The van der Waals surface area contributed by atoms with E-state index < -0.39 is 67.7 Å². The van der Waals surface area contributed by atoms with E-state index >= 15 is 0 Å². The van der Waals surface area contributed by atoms with E-state index in [9.17, 15) is 34.4 Å². The lowest BCUT2D eigenvalue weighted by atomic mass is 9.94. The summed E-state index contributed by atoms with van der Waals surface area (Å²) in [7, 11) is -7.42. The zero-order chi connectivity index (χ0) is 25.9. The average molecular weight is 579 g/mol. The number of para-hydroxylation sites is 2. The minimum atomic E-state index is -3.71. The highest BCUT2D eigenvalue weighted by Crippen LogP contribution is 2.45. The van der Waals surface area contributed by atoms with Gasteiger partial charge in [-0.25, -0.2) is 44.4 Å². The summed E-state index contributed by atoms with van der Waals surface area (Å²) < 4.78 is 101.